The SMILES string of the molecule is CC(Nc1cc(C(=O)O)c(F)cc1[N+](=O)[O-])C(=O)N(C)C. The first-order valence-electron chi connectivity index (χ1n) is 5.84. The molecule has 0 spiro atoms. The Morgan fingerprint density at radius 3 is 2.43 bits per heavy atom. The van der Waals surface area contributed by atoms with Gasteiger partial charge in [-0.3, -0.25) is 14.9 Å². The molecule has 0 aliphatic rings. The molecule has 1 atom stereocenters. The topological polar surface area (TPSA) is 113 Å². The Hall–Kier alpha value is -2.71. The first kappa shape index (κ1) is 16.3. The molecule has 1 aromatic rings. The number of nitrogens with one attached hydrogen (secondary N) is 1. The maximum Gasteiger partial charge on any atom is 0.338 e. The van der Waals surface area contributed by atoms with E-state index in [4.69, 9.17) is 5.11 Å². The maximum absolute atomic E-state index is 13.5. The van der Waals surface area contributed by atoms with E-state index in [9.17, 15) is 24.1 Å². The Morgan fingerprint density at radius 1 is 1.43 bits per heavy atom. The number of amides is 1. The Labute approximate surface area is 119 Å². The van der Waals surface area contributed by atoms with Gasteiger partial charge in [-0.05, 0) is 13.0 Å². The predicted octanol–water partition coefficient (Wildman–Crippen LogP) is 1.32. The number of aromatic carboxylic acids is 1. The van der Waals surface area contributed by atoms with Crippen molar-refractivity contribution in [2.24, 2.45) is 0 Å². The van der Waals surface area contributed by atoms with Crippen molar-refractivity contribution in [2.75, 3.05) is 19.4 Å². The third-order valence-corrected chi connectivity index (χ3v) is 2.70. The van der Waals surface area contributed by atoms with E-state index in [-0.39, 0.29) is 11.6 Å². The molecule has 1 rings (SSSR count). The van der Waals surface area contributed by atoms with Gasteiger partial charge in [-0.1, -0.05) is 0 Å². The number of rotatable bonds is 5. The van der Waals surface area contributed by atoms with Crippen molar-refractivity contribution >= 4 is 23.3 Å². The number of carboxylic acids is 1. The van der Waals surface area contributed by atoms with Gasteiger partial charge >= 0.3 is 5.97 Å². The fraction of sp³-hybridized carbons (Fsp3) is 0.333. The zero-order valence-electron chi connectivity index (χ0n) is 11.6. The second-order valence-electron chi connectivity index (χ2n) is 4.51. The van der Waals surface area contributed by atoms with Crippen LogP contribution in [-0.2, 0) is 4.79 Å². The Balaban J connectivity index is 3.26. The minimum atomic E-state index is -1.56. The molecule has 2 N–H and O–H groups in total. The van der Waals surface area contributed by atoms with Crippen LogP contribution in [0.25, 0.3) is 0 Å². The number of nitro benzene ring substituents is 1. The normalized spacial score (nSPS) is 11.6. The van der Waals surface area contributed by atoms with Crippen LogP contribution in [0.15, 0.2) is 12.1 Å². The number of halogens is 1. The molecule has 0 aliphatic heterocycles. The van der Waals surface area contributed by atoms with E-state index in [1.54, 1.807) is 0 Å². The molecule has 0 heterocycles. The Kier molecular flexibility index (Phi) is 4.79. The number of carbonyl (C=O) groups excluding carboxylic acids is 1. The summed E-state index contributed by atoms with van der Waals surface area (Å²) in [4.78, 5) is 33.9. The van der Waals surface area contributed by atoms with E-state index in [1.165, 1.54) is 25.9 Å². The van der Waals surface area contributed by atoms with Crippen LogP contribution < -0.4 is 5.32 Å². The molecule has 1 amide bonds. The van der Waals surface area contributed by atoms with Crippen molar-refractivity contribution in [3.05, 3.63) is 33.6 Å². The third-order valence-electron chi connectivity index (χ3n) is 2.70. The second-order valence-corrected chi connectivity index (χ2v) is 4.51. The van der Waals surface area contributed by atoms with Gasteiger partial charge in [-0.2, -0.15) is 0 Å². The molecule has 0 saturated heterocycles. The number of anilines is 1. The highest BCUT2D eigenvalue weighted by atomic mass is 19.1. The third kappa shape index (κ3) is 3.65. The summed E-state index contributed by atoms with van der Waals surface area (Å²) in [5.41, 5.74) is -1.59. The molecule has 114 valence electrons. The first-order chi connectivity index (χ1) is 9.65. The summed E-state index contributed by atoms with van der Waals surface area (Å²) >= 11 is 0. The van der Waals surface area contributed by atoms with Gasteiger partial charge in [0, 0.05) is 14.1 Å². The van der Waals surface area contributed by atoms with Gasteiger partial charge in [0.15, 0.2) is 0 Å². The Morgan fingerprint density at radius 2 is 2.00 bits per heavy atom. The zero-order valence-corrected chi connectivity index (χ0v) is 11.6. The van der Waals surface area contributed by atoms with Gasteiger partial charge in [0.25, 0.3) is 5.69 Å². The van der Waals surface area contributed by atoms with E-state index in [0.29, 0.717) is 6.07 Å². The lowest BCUT2D eigenvalue weighted by Crippen LogP contribution is -2.36. The van der Waals surface area contributed by atoms with Gasteiger partial charge in [0.1, 0.15) is 17.5 Å². The lowest BCUT2D eigenvalue weighted by atomic mass is 10.1. The fourth-order valence-corrected chi connectivity index (χ4v) is 1.68. The number of likely N-dealkylation sites (N-methyl/N-ethyl adjacent to an activating group) is 1. The van der Waals surface area contributed by atoms with E-state index < -0.39 is 34.0 Å². The van der Waals surface area contributed by atoms with Gasteiger partial charge in [-0.15, -0.1) is 0 Å². The van der Waals surface area contributed by atoms with Crippen LogP contribution in [0, 0.1) is 15.9 Å². The molecule has 0 saturated carbocycles. The lowest BCUT2D eigenvalue weighted by Gasteiger charge is -2.19. The largest absolute Gasteiger partial charge is 0.478 e. The first-order valence-corrected chi connectivity index (χ1v) is 5.84. The van der Waals surface area contributed by atoms with Crippen LogP contribution in [0.5, 0.6) is 0 Å². The molecule has 0 aromatic heterocycles. The minimum Gasteiger partial charge on any atom is -0.478 e. The molecule has 21 heavy (non-hydrogen) atoms. The van der Waals surface area contributed by atoms with Crippen molar-refractivity contribution in [2.45, 2.75) is 13.0 Å². The van der Waals surface area contributed by atoms with Gasteiger partial charge in [-0.25, -0.2) is 9.18 Å². The molecular formula is C12H14FN3O5. The van der Waals surface area contributed by atoms with Crippen LogP contribution in [-0.4, -0.2) is 46.9 Å². The van der Waals surface area contributed by atoms with Gasteiger partial charge < -0.3 is 15.3 Å². The molecule has 0 bridgehead atoms. The average Bonchev–Trinajstić information content (AvgIpc) is 2.38. The molecule has 1 aromatic carbocycles. The van der Waals surface area contributed by atoms with Crippen LogP contribution in [0.1, 0.15) is 17.3 Å². The van der Waals surface area contributed by atoms with Gasteiger partial charge in [0.05, 0.1) is 16.6 Å². The second kappa shape index (κ2) is 6.16. The molecular weight excluding hydrogens is 285 g/mol. The smallest absolute Gasteiger partial charge is 0.338 e. The average molecular weight is 299 g/mol. The van der Waals surface area contributed by atoms with Crippen LogP contribution >= 0.6 is 0 Å². The summed E-state index contributed by atoms with van der Waals surface area (Å²) in [6.45, 7) is 1.45. The number of hydrogen-bond acceptors (Lipinski definition) is 5. The van der Waals surface area contributed by atoms with Crippen molar-refractivity contribution in [3.8, 4) is 0 Å². The van der Waals surface area contributed by atoms with E-state index >= 15 is 0 Å². The van der Waals surface area contributed by atoms with E-state index in [1.807, 2.05) is 0 Å². The number of benzene rings is 1. The molecule has 1 unspecified atom stereocenters. The van der Waals surface area contributed by atoms with E-state index in [2.05, 4.69) is 5.32 Å². The van der Waals surface area contributed by atoms with Crippen molar-refractivity contribution in [1.82, 2.24) is 4.90 Å². The molecule has 0 fully saturated rings. The molecule has 0 aliphatic carbocycles. The molecule has 8 nitrogen and oxygen atoms in total. The number of carboxylic acid groups (broad SMARTS) is 1. The zero-order chi connectivity index (χ0) is 16.3. The highest BCUT2D eigenvalue weighted by Crippen LogP contribution is 2.28. The highest BCUT2D eigenvalue weighted by Gasteiger charge is 2.24. The summed E-state index contributed by atoms with van der Waals surface area (Å²) in [6.07, 6.45) is 0. The summed E-state index contributed by atoms with van der Waals surface area (Å²) in [7, 11) is 3.00. The summed E-state index contributed by atoms with van der Waals surface area (Å²) < 4.78 is 13.5. The number of hydrogen-bond donors (Lipinski definition) is 2. The summed E-state index contributed by atoms with van der Waals surface area (Å²) in [5.74, 6) is -3.14. The van der Waals surface area contributed by atoms with Crippen molar-refractivity contribution in [1.29, 1.82) is 0 Å². The van der Waals surface area contributed by atoms with Crippen molar-refractivity contribution < 1.29 is 24.0 Å². The summed E-state index contributed by atoms with van der Waals surface area (Å²) in [5, 5.41) is 22.3. The molecule has 0 radical (unpaired) electrons. The summed E-state index contributed by atoms with van der Waals surface area (Å²) in [6, 6.07) is 0.472. The standard InChI is InChI=1S/C12H14FN3O5/c1-6(11(17)15(2)3)14-9-4-7(12(18)19)8(13)5-10(9)16(20)21/h4-6,14H,1-3H3,(H,18,19). The predicted molar refractivity (Wildman–Crippen MR) is 71.8 cm³/mol. The fourth-order valence-electron chi connectivity index (χ4n) is 1.68. The minimum absolute atomic E-state index is 0.235. The number of nitrogens with zero attached hydrogens (tertiary/aromatic N) is 2. The van der Waals surface area contributed by atoms with Gasteiger partial charge in [0.2, 0.25) is 5.91 Å². The van der Waals surface area contributed by atoms with Crippen LogP contribution in [0.3, 0.4) is 0 Å². The highest BCUT2D eigenvalue weighted by molar-refractivity contribution is 5.91. The van der Waals surface area contributed by atoms with Crippen LogP contribution in [0.4, 0.5) is 15.8 Å². The lowest BCUT2D eigenvalue weighted by molar-refractivity contribution is -0.384. The maximum atomic E-state index is 13.5. The van der Waals surface area contributed by atoms with E-state index in [0.717, 1.165) is 6.07 Å². The van der Waals surface area contributed by atoms with Crippen LogP contribution in [0.2, 0.25) is 0 Å². The van der Waals surface area contributed by atoms with Crippen molar-refractivity contribution in [3.63, 3.8) is 0 Å². The Bertz CT molecular complexity index is 603. The molecule has 9 heteroatoms. The number of nitro groups is 1. The quantitative estimate of drug-likeness (QED) is 0.626. The number of carbonyl (C=O) groups is 2. The monoisotopic (exact) mass is 299 g/mol.